The van der Waals surface area contributed by atoms with Crippen molar-refractivity contribution in [1.29, 1.82) is 0 Å². The highest BCUT2D eigenvalue weighted by Crippen LogP contribution is 2.14. The van der Waals surface area contributed by atoms with E-state index in [1.807, 2.05) is 59.3 Å². The molecule has 0 fully saturated rings. The molecule has 0 aliphatic rings. The highest BCUT2D eigenvalue weighted by atomic mass is 16.1. The van der Waals surface area contributed by atoms with Crippen LogP contribution >= 0.6 is 0 Å². The summed E-state index contributed by atoms with van der Waals surface area (Å²) in [6.07, 6.45) is 6.18. The van der Waals surface area contributed by atoms with Crippen LogP contribution in [0.25, 0.3) is 11.1 Å². The number of hydrogen-bond donors (Lipinski definition) is 1. The molecule has 0 aliphatic carbocycles. The average molecular weight is 291 g/mol. The van der Waals surface area contributed by atoms with E-state index in [1.165, 1.54) is 0 Å². The molecule has 0 saturated heterocycles. The molecule has 0 spiro atoms. The van der Waals surface area contributed by atoms with E-state index < -0.39 is 0 Å². The maximum atomic E-state index is 12.3. The summed E-state index contributed by atoms with van der Waals surface area (Å²) in [4.78, 5) is 19.4. The molecule has 1 aromatic carbocycles. The van der Waals surface area contributed by atoms with Crippen molar-refractivity contribution in [3.05, 3.63) is 89.4 Å². The summed E-state index contributed by atoms with van der Waals surface area (Å²) in [6, 6.07) is 13.5. The fraction of sp³-hybridized carbons (Fsp3) is 0.111. The molecular weight excluding hydrogens is 274 g/mol. The number of nitrogens with zero attached hydrogens (tertiary/aromatic N) is 2. The third-order valence-electron chi connectivity index (χ3n) is 3.55. The van der Waals surface area contributed by atoms with Gasteiger partial charge in [0.25, 0.3) is 5.56 Å². The fourth-order valence-electron chi connectivity index (χ4n) is 2.44. The number of imidazole rings is 1. The zero-order valence-corrected chi connectivity index (χ0v) is 12.2. The minimum absolute atomic E-state index is 0.0749. The Hall–Kier alpha value is -2.88. The van der Waals surface area contributed by atoms with E-state index in [1.54, 1.807) is 6.33 Å². The van der Waals surface area contributed by atoms with Crippen LogP contribution in [-0.2, 0) is 13.0 Å². The summed E-state index contributed by atoms with van der Waals surface area (Å²) >= 11 is 0. The Morgan fingerprint density at radius 2 is 2.00 bits per heavy atom. The first-order valence-electron chi connectivity index (χ1n) is 7.15. The second-order valence-electron chi connectivity index (χ2n) is 5.10. The highest BCUT2D eigenvalue weighted by Gasteiger charge is 2.06. The van der Waals surface area contributed by atoms with E-state index in [0.717, 1.165) is 23.4 Å². The molecule has 4 heteroatoms. The molecule has 0 unspecified atom stereocenters. The number of aromatic nitrogens is 3. The van der Waals surface area contributed by atoms with Crippen LogP contribution in [0.15, 0.2) is 72.4 Å². The van der Waals surface area contributed by atoms with Crippen LogP contribution in [0, 0.1) is 0 Å². The van der Waals surface area contributed by atoms with Gasteiger partial charge in [-0.25, -0.2) is 4.98 Å². The molecule has 22 heavy (non-hydrogen) atoms. The van der Waals surface area contributed by atoms with E-state index in [2.05, 4.69) is 16.5 Å². The number of rotatable bonds is 5. The number of allylic oxidation sites excluding steroid dienone is 1. The molecule has 0 radical (unpaired) electrons. The predicted octanol–water partition coefficient (Wildman–Crippen LogP) is 3.02. The average Bonchev–Trinajstić information content (AvgIpc) is 2.96. The second-order valence-corrected chi connectivity index (χ2v) is 5.10. The van der Waals surface area contributed by atoms with Crippen LogP contribution < -0.4 is 5.56 Å². The van der Waals surface area contributed by atoms with Gasteiger partial charge >= 0.3 is 0 Å². The number of H-pyrrole nitrogens is 1. The molecule has 4 nitrogen and oxygen atoms in total. The van der Waals surface area contributed by atoms with Crippen molar-refractivity contribution in [2.24, 2.45) is 0 Å². The number of nitrogens with one attached hydrogen (secondary N) is 1. The molecule has 3 rings (SSSR count). The lowest BCUT2D eigenvalue weighted by Gasteiger charge is -2.08. The second kappa shape index (κ2) is 6.26. The van der Waals surface area contributed by atoms with Crippen molar-refractivity contribution >= 4 is 0 Å². The Bertz CT molecular complexity index is 831. The monoisotopic (exact) mass is 291 g/mol. The molecule has 0 saturated carbocycles. The van der Waals surface area contributed by atoms with Crippen LogP contribution in [0.1, 0.15) is 11.4 Å². The van der Waals surface area contributed by atoms with E-state index in [-0.39, 0.29) is 5.56 Å². The molecule has 2 aromatic heterocycles. The lowest BCUT2D eigenvalue weighted by molar-refractivity contribution is 0.735. The van der Waals surface area contributed by atoms with Crippen LogP contribution in [0.3, 0.4) is 0 Å². The minimum atomic E-state index is -0.0749. The summed E-state index contributed by atoms with van der Waals surface area (Å²) in [5.41, 5.74) is 3.46. The van der Waals surface area contributed by atoms with Crippen LogP contribution in [0.5, 0.6) is 0 Å². The Morgan fingerprint density at radius 1 is 1.18 bits per heavy atom. The molecule has 0 atom stereocenters. The quantitative estimate of drug-likeness (QED) is 0.735. The molecule has 1 N–H and O–H groups in total. The van der Waals surface area contributed by atoms with Gasteiger partial charge in [0.2, 0.25) is 0 Å². The van der Waals surface area contributed by atoms with Crippen molar-refractivity contribution in [2.45, 2.75) is 13.0 Å². The van der Waals surface area contributed by atoms with E-state index >= 15 is 0 Å². The van der Waals surface area contributed by atoms with Gasteiger partial charge < -0.3 is 9.55 Å². The standard InChI is InChI=1S/C18H17N3O/c1-2-6-16-11-19-13-21(16)12-15-9-10-17(18(22)20-15)14-7-4-3-5-8-14/h2-5,7-11,13H,1,6,12H2,(H,20,22). The Labute approximate surface area is 128 Å². The van der Waals surface area contributed by atoms with Gasteiger partial charge in [-0.1, -0.05) is 36.4 Å². The summed E-state index contributed by atoms with van der Waals surface area (Å²) in [5, 5.41) is 0. The number of hydrogen-bond acceptors (Lipinski definition) is 2. The molecular formula is C18H17N3O. The first-order valence-corrected chi connectivity index (χ1v) is 7.15. The van der Waals surface area contributed by atoms with Crippen LogP contribution in [0.2, 0.25) is 0 Å². The molecule has 3 aromatic rings. The summed E-state index contributed by atoms with van der Waals surface area (Å²) < 4.78 is 2.01. The summed E-state index contributed by atoms with van der Waals surface area (Å²) in [5.74, 6) is 0. The first-order chi connectivity index (χ1) is 10.8. The number of benzene rings is 1. The Kier molecular flexibility index (Phi) is 4.01. The maximum Gasteiger partial charge on any atom is 0.256 e. The zero-order chi connectivity index (χ0) is 15.4. The summed E-state index contributed by atoms with van der Waals surface area (Å²) in [7, 11) is 0. The lowest BCUT2D eigenvalue weighted by Crippen LogP contribution is -2.13. The molecule has 110 valence electrons. The van der Waals surface area contributed by atoms with Crippen LogP contribution in [0.4, 0.5) is 0 Å². The topological polar surface area (TPSA) is 50.7 Å². The van der Waals surface area contributed by atoms with Gasteiger partial charge in [-0.15, -0.1) is 6.58 Å². The van der Waals surface area contributed by atoms with E-state index in [4.69, 9.17) is 0 Å². The summed E-state index contributed by atoms with van der Waals surface area (Å²) in [6.45, 7) is 4.33. The molecule has 2 heterocycles. The fourth-order valence-corrected chi connectivity index (χ4v) is 2.44. The van der Waals surface area contributed by atoms with Crippen molar-refractivity contribution in [3.8, 4) is 11.1 Å². The normalized spacial score (nSPS) is 10.5. The third kappa shape index (κ3) is 2.91. The Balaban J connectivity index is 1.88. The van der Waals surface area contributed by atoms with Crippen molar-refractivity contribution in [2.75, 3.05) is 0 Å². The number of aromatic amines is 1. The largest absolute Gasteiger partial charge is 0.328 e. The van der Waals surface area contributed by atoms with Gasteiger partial charge in [-0.2, -0.15) is 0 Å². The molecule has 0 bridgehead atoms. The SMILES string of the molecule is C=CCc1cncn1Cc1ccc(-c2ccccc2)c(=O)[nH]1. The van der Waals surface area contributed by atoms with Gasteiger partial charge in [-0.05, 0) is 17.7 Å². The van der Waals surface area contributed by atoms with Gasteiger partial charge in [0.15, 0.2) is 0 Å². The smallest absolute Gasteiger partial charge is 0.256 e. The van der Waals surface area contributed by atoms with Gasteiger partial charge in [0.05, 0.1) is 12.9 Å². The van der Waals surface area contributed by atoms with Crippen molar-refractivity contribution < 1.29 is 0 Å². The van der Waals surface area contributed by atoms with Crippen molar-refractivity contribution in [3.63, 3.8) is 0 Å². The minimum Gasteiger partial charge on any atom is -0.328 e. The van der Waals surface area contributed by atoms with E-state index in [0.29, 0.717) is 12.1 Å². The van der Waals surface area contributed by atoms with Crippen molar-refractivity contribution in [1.82, 2.24) is 14.5 Å². The third-order valence-corrected chi connectivity index (χ3v) is 3.55. The molecule has 0 amide bonds. The van der Waals surface area contributed by atoms with Crippen LogP contribution in [-0.4, -0.2) is 14.5 Å². The highest BCUT2D eigenvalue weighted by molar-refractivity contribution is 5.62. The predicted molar refractivity (Wildman–Crippen MR) is 87.7 cm³/mol. The number of pyridine rings is 1. The van der Waals surface area contributed by atoms with E-state index in [9.17, 15) is 4.79 Å². The molecule has 0 aliphatic heterocycles. The van der Waals surface area contributed by atoms with Gasteiger partial charge in [-0.3, -0.25) is 4.79 Å². The first kappa shape index (κ1) is 14.1. The van der Waals surface area contributed by atoms with Gasteiger partial charge in [0.1, 0.15) is 0 Å². The Morgan fingerprint density at radius 3 is 2.73 bits per heavy atom. The zero-order valence-electron chi connectivity index (χ0n) is 12.2. The van der Waals surface area contributed by atoms with Gasteiger partial charge in [0, 0.05) is 29.6 Å². The lowest BCUT2D eigenvalue weighted by atomic mass is 10.1. The maximum absolute atomic E-state index is 12.3.